The average molecular weight is 450 g/mol. The second-order valence-electron chi connectivity index (χ2n) is 0. The summed E-state index contributed by atoms with van der Waals surface area (Å²) in [6.07, 6.45) is 0. The summed E-state index contributed by atoms with van der Waals surface area (Å²) in [5.41, 5.74) is 0. The van der Waals surface area contributed by atoms with Crippen molar-refractivity contribution >= 4 is 106 Å². The zero-order valence-electron chi connectivity index (χ0n) is 4.83. The first-order valence-corrected chi connectivity index (χ1v) is 0. The van der Waals surface area contributed by atoms with Crippen molar-refractivity contribution in [3.05, 3.63) is 0 Å². The summed E-state index contributed by atoms with van der Waals surface area (Å²) >= 11 is 0. The molecule has 0 amide bonds. The van der Waals surface area contributed by atoms with E-state index in [9.17, 15) is 0 Å². The molecular weight excluding hydrogens is 436 g/mol. The van der Waals surface area contributed by atoms with Crippen LogP contribution in [0.15, 0.2) is 0 Å². The van der Waals surface area contributed by atoms with Crippen LogP contribution in [0.3, 0.4) is 0 Å². The fourth-order valence-corrected chi connectivity index (χ4v) is 0. The van der Waals surface area contributed by atoms with Gasteiger partial charge in [0.05, 0.1) is 0 Å². The van der Waals surface area contributed by atoms with Gasteiger partial charge in [0, 0.05) is 0 Å². The van der Waals surface area contributed by atoms with E-state index >= 15 is 0 Å². The second-order valence-corrected chi connectivity index (χ2v) is 0. The summed E-state index contributed by atoms with van der Waals surface area (Å²) in [5, 5.41) is 0. The molecule has 0 spiro atoms. The second kappa shape index (κ2) is 41.0. The Morgan fingerprint density at radius 2 is 0.333 bits per heavy atom. The number of hydrogen-bond acceptors (Lipinski definition) is 0. The fourth-order valence-electron chi connectivity index (χ4n) is 0. The van der Waals surface area contributed by atoms with Crippen LogP contribution in [0.2, 0.25) is 0 Å². The predicted octanol–water partition coefficient (Wildman–Crippen LogP) is -6.03. The molecule has 0 aliphatic rings. The Morgan fingerprint density at radius 1 is 0.333 bits per heavy atom. The van der Waals surface area contributed by atoms with E-state index in [2.05, 4.69) is 0 Å². The molecule has 0 fully saturated rings. The van der Waals surface area contributed by atoms with Crippen LogP contribution in [0.1, 0.15) is 0 Å². The third kappa shape index (κ3) is 26.8. The maximum atomic E-state index is 0. The first-order valence-electron chi connectivity index (χ1n) is 0. The van der Waals surface area contributed by atoms with Crippen molar-refractivity contribution in [3.63, 3.8) is 0 Å². The molecule has 0 heterocycles. The molecule has 0 aliphatic heterocycles. The topological polar surface area (TPSA) is 0 Å². The molecule has 0 nitrogen and oxygen atoms in total. The molecular formula is H14Ge6. The van der Waals surface area contributed by atoms with Crippen LogP contribution in [-0.2, 0) is 0 Å². The molecule has 0 aromatic carbocycles. The molecule has 6 heteroatoms. The zero-order valence-corrected chi connectivity index (χ0v) is 25.1. The predicted molar refractivity (Wildman–Crippen MR) is 54.1 cm³/mol. The Bertz CT molecular complexity index is 0. The van der Waals surface area contributed by atoms with Crippen LogP contribution in [0.25, 0.3) is 0 Å². The normalized spacial score (nSPS) is 0. The molecule has 0 unspecified atom stereocenters. The molecule has 0 rings (SSSR count). The first kappa shape index (κ1) is 59.5. The van der Waals surface area contributed by atoms with Gasteiger partial charge in [-0.05, 0) is 0 Å². The Hall–Kier alpha value is 3.26. The van der Waals surface area contributed by atoms with E-state index in [1.54, 1.807) is 0 Å². The van der Waals surface area contributed by atoms with Gasteiger partial charge >= 0.3 is 106 Å². The van der Waals surface area contributed by atoms with Gasteiger partial charge in [-0.3, -0.25) is 0 Å². The SMILES string of the molecule is [GeH2].[GeH2].[GeH2].[GeH2].[GeH3].[GeH3]. The van der Waals surface area contributed by atoms with Gasteiger partial charge < -0.3 is 0 Å². The monoisotopic (exact) mass is 458 g/mol. The van der Waals surface area contributed by atoms with E-state index in [1.807, 2.05) is 0 Å². The Balaban J connectivity index is 0. The van der Waals surface area contributed by atoms with Gasteiger partial charge in [0.15, 0.2) is 0 Å². The van der Waals surface area contributed by atoms with Crippen molar-refractivity contribution in [2.75, 3.05) is 0 Å². The van der Waals surface area contributed by atoms with Gasteiger partial charge in [-0.15, -0.1) is 0 Å². The summed E-state index contributed by atoms with van der Waals surface area (Å²) in [6.45, 7) is 0. The van der Waals surface area contributed by atoms with Crippen LogP contribution in [0.4, 0.5) is 0 Å². The Morgan fingerprint density at radius 3 is 0.333 bits per heavy atom. The first-order chi connectivity index (χ1) is 0. The van der Waals surface area contributed by atoms with Crippen LogP contribution in [0, 0.1) is 0 Å². The van der Waals surface area contributed by atoms with Crippen LogP contribution in [-0.4, -0.2) is 106 Å². The van der Waals surface area contributed by atoms with Crippen LogP contribution in [0.5, 0.6) is 0 Å². The number of hydrogen-bond donors (Lipinski definition) is 0. The van der Waals surface area contributed by atoms with E-state index < -0.39 is 0 Å². The van der Waals surface area contributed by atoms with Crippen molar-refractivity contribution < 1.29 is 0 Å². The van der Waals surface area contributed by atoms with Crippen LogP contribution < -0.4 is 0 Å². The van der Waals surface area contributed by atoms with E-state index in [1.165, 1.54) is 0 Å². The van der Waals surface area contributed by atoms with Gasteiger partial charge in [-0.1, -0.05) is 0 Å². The van der Waals surface area contributed by atoms with Gasteiger partial charge in [-0.25, -0.2) is 0 Å². The third-order valence-corrected chi connectivity index (χ3v) is 0. The molecule has 0 bridgehead atoms. The summed E-state index contributed by atoms with van der Waals surface area (Å²) in [6, 6.07) is 0. The Labute approximate surface area is 104 Å². The molecule has 10 radical (unpaired) electrons. The van der Waals surface area contributed by atoms with Crippen molar-refractivity contribution in [2.45, 2.75) is 0 Å². The Kier molecular flexibility index (Phi) is 406. The van der Waals surface area contributed by atoms with Crippen molar-refractivity contribution in [2.24, 2.45) is 0 Å². The quantitative estimate of drug-likeness (QED) is 0.323. The van der Waals surface area contributed by atoms with Crippen molar-refractivity contribution in [1.29, 1.82) is 0 Å². The minimum absolute atomic E-state index is 0. The van der Waals surface area contributed by atoms with Gasteiger partial charge in [0.25, 0.3) is 0 Å². The average Bonchev–Trinajstić information content (AvgIpc) is 0. The molecule has 0 N–H and O–H groups in total. The van der Waals surface area contributed by atoms with Crippen molar-refractivity contribution in [3.8, 4) is 0 Å². The molecule has 0 aliphatic carbocycles. The molecule has 0 aromatic heterocycles. The molecule has 0 saturated heterocycles. The zero-order chi connectivity index (χ0) is 0. The summed E-state index contributed by atoms with van der Waals surface area (Å²) in [7, 11) is 0. The molecule has 0 atom stereocenters. The standard InChI is InChI=1S/2GeH3.4GeH2/h2*1H3;4*1H2. The van der Waals surface area contributed by atoms with Crippen LogP contribution >= 0.6 is 0 Å². The van der Waals surface area contributed by atoms with Crippen molar-refractivity contribution in [1.82, 2.24) is 0 Å². The van der Waals surface area contributed by atoms with E-state index in [0.717, 1.165) is 0 Å². The maximum absolute atomic E-state index is 0. The van der Waals surface area contributed by atoms with E-state index in [0.29, 0.717) is 0 Å². The van der Waals surface area contributed by atoms with Gasteiger partial charge in [0.2, 0.25) is 0 Å². The molecule has 38 valence electrons. The van der Waals surface area contributed by atoms with Gasteiger partial charge in [0.1, 0.15) is 0 Å². The molecule has 0 aromatic rings. The number of rotatable bonds is 0. The van der Waals surface area contributed by atoms with E-state index in [-0.39, 0.29) is 106 Å². The summed E-state index contributed by atoms with van der Waals surface area (Å²) in [5.74, 6) is 0. The molecule has 6 heavy (non-hydrogen) atoms. The van der Waals surface area contributed by atoms with E-state index in [4.69, 9.17) is 0 Å². The fraction of sp³-hybridized carbons (Fsp3) is 0. The summed E-state index contributed by atoms with van der Waals surface area (Å²) < 4.78 is 0. The molecule has 0 saturated carbocycles. The third-order valence-electron chi connectivity index (χ3n) is 0. The minimum atomic E-state index is 0. The van der Waals surface area contributed by atoms with Gasteiger partial charge in [-0.2, -0.15) is 0 Å². The summed E-state index contributed by atoms with van der Waals surface area (Å²) in [4.78, 5) is 0.